The molecule has 0 saturated carbocycles. The summed E-state index contributed by atoms with van der Waals surface area (Å²) in [7, 11) is 1.82. The molecule has 0 bridgehead atoms. The first-order chi connectivity index (χ1) is 9.97. The molecule has 0 spiro atoms. The smallest absolute Gasteiger partial charge is 0.190 e. The van der Waals surface area contributed by atoms with Gasteiger partial charge in [0, 0.05) is 37.4 Å². The maximum atomic E-state index is 4.71. The molecule has 1 heterocycles. The van der Waals surface area contributed by atoms with Crippen LogP contribution in [0.4, 0.5) is 0 Å². The number of hydrogen-bond donors (Lipinski definition) is 2. The van der Waals surface area contributed by atoms with Gasteiger partial charge in [-0.3, -0.25) is 4.99 Å². The Morgan fingerprint density at radius 3 is 2.52 bits per heavy atom. The van der Waals surface area contributed by atoms with Crippen LogP contribution in [0.15, 0.2) is 10.4 Å². The molecule has 0 unspecified atom stereocenters. The average molecular weight is 311 g/mol. The highest BCUT2D eigenvalue weighted by Crippen LogP contribution is 2.23. The van der Waals surface area contributed by atoms with Crippen molar-refractivity contribution >= 4 is 17.3 Å². The van der Waals surface area contributed by atoms with E-state index >= 15 is 0 Å². The van der Waals surface area contributed by atoms with Crippen LogP contribution in [0, 0.1) is 0 Å². The Kier molecular flexibility index (Phi) is 7.72. The third-order valence-electron chi connectivity index (χ3n) is 3.25. The summed E-state index contributed by atoms with van der Waals surface area (Å²) < 4.78 is 0. The monoisotopic (exact) mass is 310 g/mol. The maximum absolute atomic E-state index is 4.71. The number of nitrogens with zero attached hydrogens (tertiary/aromatic N) is 2. The van der Waals surface area contributed by atoms with Crippen molar-refractivity contribution in [1.82, 2.24) is 15.6 Å². The van der Waals surface area contributed by atoms with Crippen LogP contribution in [0.5, 0.6) is 0 Å². The van der Waals surface area contributed by atoms with Crippen molar-refractivity contribution in [2.24, 2.45) is 4.99 Å². The largest absolute Gasteiger partial charge is 0.356 e. The number of hydrogen-bond acceptors (Lipinski definition) is 3. The van der Waals surface area contributed by atoms with Crippen LogP contribution in [0.1, 0.15) is 57.7 Å². The maximum Gasteiger partial charge on any atom is 0.190 e. The summed E-state index contributed by atoms with van der Waals surface area (Å²) >= 11 is 1.75. The van der Waals surface area contributed by atoms with Gasteiger partial charge in [0.25, 0.3) is 0 Å². The number of aliphatic imine (C=N–C) groups is 1. The Labute approximate surface area is 133 Å². The SMILES string of the molecule is CCCCCNC(=NC)NCCc1nc(C(C)(C)C)cs1. The number of guanidine groups is 1. The zero-order valence-electron chi connectivity index (χ0n) is 14.1. The molecule has 0 atom stereocenters. The van der Waals surface area contributed by atoms with Crippen LogP contribution in [0.3, 0.4) is 0 Å². The molecule has 0 amide bonds. The molecule has 1 aromatic rings. The second-order valence-corrected chi connectivity index (χ2v) is 7.20. The minimum Gasteiger partial charge on any atom is -0.356 e. The Hall–Kier alpha value is -1.10. The van der Waals surface area contributed by atoms with Crippen LogP contribution in [0.25, 0.3) is 0 Å². The fraction of sp³-hybridized carbons (Fsp3) is 0.750. The van der Waals surface area contributed by atoms with Gasteiger partial charge in [-0.2, -0.15) is 0 Å². The molecule has 5 heteroatoms. The zero-order valence-corrected chi connectivity index (χ0v) is 14.9. The molecule has 4 nitrogen and oxygen atoms in total. The van der Waals surface area contributed by atoms with E-state index in [0.29, 0.717) is 0 Å². The van der Waals surface area contributed by atoms with Gasteiger partial charge in [0.1, 0.15) is 0 Å². The minimum atomic E-state index is 0.138. The summed E-state index contributed by atoms with van der Waals surface area (Å²) in [6, 6.07) is 0. The average Bonchev–Trinajstić information content (AvgIpc) is 2.90. The summed E-state index contributed by atoms with van der Waals surface area (Å²) in [5.41, 5.74) is 1.32. The first-order valence-corrected chi connectivity index (χ1v) is 8.74. The Morgan fingerprint density at radius 1 is 1.24 bits per heavy atom. The van der Waals surface area contributed by atoms with E-state index in [1.165, 1.54) is 30.0 Å². The van der Waals surface area contributed by atoms with E-state index in [0.717, 1.165) is 25.5 Å². The molecule has 120 valence electrons. The lowest BCUT2D eigenvalue weighted by molar-refractivity contribution is 0.570. The van der Waals surface area contributed by atoms with Crippen LogP contribution in [0.2, 0.25) is 0 Å². The van der Waals surface area contributed by atoms with Gasteiger partial charge in [-0.1, -0.05) is 40.5 Å². The fourth-order valence-corrected chi connectivity index (χ4v) is 2.89. The number of aromatic nitrogens is 1. The van der Waals surface area contributed by atoms with Crippen molar-refractivity contribution in [3.8, 4) is 0 Å². The number of nitrogens with one attached hydrogen (secondary N) is 2. The summed E-state index contributed by atoms with van der Waals surface area (Å²) in [6.07, 6.45) is 4.64. The fourth-order valence-electron chi connectivity index (χ4n) is 1.86. The van der Waals surface area contributed by atoms with Crippen molar-refractivity contribution in [2.75, 3.05) is 20.1 Å². The van der Waals surface area contributed by atoms with Gasteiger partial charge in [0.15, 0.2) is 5.96 Å². The molecule has 1 rings (SSSR count). The predicted octanol–water partition coefficient (Wildman–Crippen LogP) is 3.34. The third-order valence-corrected chi connectivity index (χ3v) is 4.16. The molecular weight excluding hydrogens is 280 g/mol. The van der Waals surface area contributed by atoms with E-state index in [4.69, 9.17) is 4.98 Å². The summed E-state index contributed by atoms with van der Waals surface area (Å²) in [5, 5.41) is 10.1. The normalized spacial score (nSPS) is 12.5. The van der Waals surface area contributed by atoms with Gasteiger partial charge < -0.3 is 10.6 Å². The van der Waals surface area contributed by atoms with Gasteiger partial charge in [0.2, 0.25) is 0 Å². The summed E-state index contributed by atoms with van der Waals surface area (Å²) in [6.45, 7) is 10.7. The van der Waals surface area contributed by atoms with Crippen molar-refractivity contribution < 1.29 is 0 Å². The van der Waals surface area contributed by atoms with E-state index in [1.807, 2.05) is 7.05 Å². The molecule has 0 fully saturated rings. The van der Waals surface area contributed by atoms with Crippen LogP contribution in [-0.2, 0) is 11.8 Å². The molecule has 0 aliphatic rings. The summed E-state index contributed by atoms with van der Waals surface area (Å²) in [5.74, 6) is 0.888. The molecular formula is C16H30N4S. The van der Waals surface area contributed by atoms with Gasteiger partial charge in [-0.05, 0) is 6.42 Å². The van der Waals surface area contributed by atoms with Crippen molar-refractivity contribution in [1.29, 1.82) is 0 Å². The van der Waals surface area contributed by atoms with Gasteiger partial charge in [-0.15, -0.1) is 11.3 Å². The van der Waals surface area contributed by atoms with Gasteiger partial charge in [0.05, 0.1) is 10.7 Å². The molecule has 0 saturated heterocycles. The molecule has 0 radical (unpaired) electrons. The highest BCUT2D eigenvalue weighted by atomic mass is 32.1. The third kappa shape index (κ3) is 6.93. The van der Waals surface area contributed by atoms with Crippen molar-refractivity contribution in [3.05, 3.63) is 16.1 Å². The van der Waals surface area contributed by atoms with Crippen LogP contribution in [-0.4, -0.2) is 31.1 Å². The number of rotatable bonds is 7. The summed E-state index contributed by atoms with van der Waals surface area (Å²) in [4.78, 5) is 8.95. The lowest BCUT2D eigenvalue weighted by Gasteiger charge is -2.14. The molecule has 0 aliphatic carbocycles. The molecule has 0 aliphatic heterocycles. The zero-order chi connectivity index (χ0) is 15.7. The first-order valence-electron chi connectivity index (χ1n) is 7.86. The lowest BCUT2D eigenvalue weighted by Crippen LogP contribution is -2.38. The van der Waals surface area contributed by atoms with E-state index in [1.54, 1.807) is 11.3 Å². The second-order valence-electron chi connectivity index (χ2n) is 6.26. The highest BCUT2D eigenvalue weighted by molar-refractivity contribution is 7.09. The second kappa shape index (κ2) is 9.03. The van der Waals surface area contributed by atoms with Crippen LogP contribution < -0.4 is 10.6 Å². The molecule has 21 heavy (non-hydrogen) atoms. The highest BCUT2D eigenvalue weighted by Gasteiger charge is 2.17. The minimum absolute atomic E-state index is 0.138. The van der Waals surface area contributed by atoms with E-state index in [9.17, 15) is 0 Å². The number of unbranched alkanes of at least 4 members (excludes halogenated alkanes) is 2. The van der Waals surface area contributed by atoms with Crippen LogP contribution >= 0.6 is 11.3 Å². The molecule has 0 aromatic carbocycles. The van der Waals surface area contributed by atoms with E-state index in [-0.39, 0.29) is 5.41 Å². The Balaban J connectivity index is 2.30. The van der Waals surface area contributed by atoms with Crippen molar-refractivity contribution in [3.63, 3.8) is 0 Å². The topological polar surface area (TPSA) is 49.3 Å². The standard InChI is InChI=1S/C16H30N4S/c1-6-7-8-10-18-15(17-5)19-11-9-14-20-13(12-21-14)16(2,3)4/h12H,6-11H2,1-5H3,(H2,17,18,19). The molecule has 1 aromatic heterocycles. The lowest BCUT2D eigenvalue weighted by atomic mass is 9.93. The Bertz CT molecular complexity index is 432. The Morgan fingerprint density at radius 2 is 1.95 bits per heavy atom. The quantitative estimate of drug-likeness (QED) is 0.461. The van der Waals surface area contributed by atoms with E-state index < -0.39 is 0 Å². The van der Waals surface area contributed by atoms with Gasteiger partial charge in [-0.25, -0.2) is 4.98 Å². The van der Waals surface area contributed by atoms with Gasteiger partial charge >= 0.3 is 0 Å². The van der Waals surface area contributed by atoms with E-state index in [2.05, 4.69) is 48.7 Å². The van der Waals surface area contributed by atoms with Crippen molar-refractivity contribution in [2.45, 2.75) is 58.8 Å². The predicted molar refractivity (Wildman–Crippen MR) is 93.4 cm³/mol. The first kappa shape index (κ1) is 18.0. The number of thiazole rings is 1. The molecule has 2 N–H and O–H groups in total.